The van der Waals surface area contributed by atoms with E-state index in [1.165, 1.54) is 12.0 Å². The fourth-order valence-corrected chi connectivity index (χ4v) is 2.22. The molecule has 4 nitrogen and oxygen atoms in total. The van der Waals surface area contributed by atoms with Gasteiger partial charge in [0.2, 0.25) is 5.95 Å². The van der Waals surface area contributed by atoms with Crippen molar-refractivity contribution in [1.82, 2.24) is 15.3 Å². The first-order valence-electron chi connectivity index (χ1n) is 6.70. The van der Waals surface area contributed by atoms with E-state index >= 15 is 0 Å². The maximum absolute atomic E-state index is 4.57. The zero-order chi connectivity index (χ0) is 13.7. The van der Waals surface area contributed by atoms with Crippen LogP contribution in [-0.4, -0.2) is 37.2 Å². The number of aromatic nitrogens is 2. The van der Waals surface area contributed by atoms with Gasteiger partial charge >= 0.3 is 0 Å². The summed E-state index contributed by atoms with van der Waals surface area (Å²) in [6.07, 6.45) is 1.17. The summed E-state index contributed by atoms with van der Waals surface area (Å²) < 4.78 is 0. The Hall–Kier alpha value is -1.16. The molecule has 0 bridgehead atoms. The number of hydrogen-bond acceptors (Lipinski definition) is 4. The van der Waals surface area contributed by atoms with Crippen molar-refractivity contribution in [3.63, 3.8) is 0 Å². The van der Waals surface area contributed by atoms with Crippen molar-refractivity contribution in [3.05, 3.63) is 17.0 Å². The third-order valence-corrected chi connectivity index (χ3v) is 3.09. The molecule has 0 aliphatic carbocycles. The quantitative estimate of drug-likeness (QED) is 0.786. The molecule has 102 valence electrons. The van der Waals surface area contributed by atoms with E-state index < -0.39 is 0 Å². The summed E-state index contributed by atoms with van der Waals surface area (Å²) in [6, 6.07) is 0. The minimum atomic E-state index is 0.452. The van der Waals surface area contributed by atoms with Crippen molar-refractivity contribution in [1.29, 1.82) is 0 Å². The Morgan fingerprint density at radius 3 is 2.17 bits per heavy atom. The molecule has 0 spiro atoms. The molecule has 1 rings (SSSR count). The van der Waals surface area contributed by atoms with Crippen molar-refractivity contribution in [2.45, 2.75) is 40.0 Å². The van der Waals surface area contributed by atoms with Gasteiger partial charge in [-0.25, -0.2) is 9.97 Å². The second-order valence-corrected chi connectivity index (χ2v) is 5.11. The van der Waals surface area contributed by atoms with E-state index in [1.54, 1.807) is 0 Å². The summed E-state index contributed by atoms with van der Waals surface area (Å²) >= 11 is 0. The van der Waals surface area contributed by atoms with Crippen molar-refractivity contribution < 1.29 is 0 Å². The largest absolute Gasteiger partial charge is 0.347 e. The van der Waals surface area contributed by atoms with E-state index in [9.17, 15) is 0 Å². The molecule has 0 saturated carbocycles. The topological polar surface area (TPSA) is 41.1 Å². The monoisotopic (exact) mass is 250 g/mol. The Morgan fingerprint density at radius 2 is 1.72 bits per heavy atom. The number of rotatable bonds is 6. The zero-order valence-electron chi connectivity index (χ0n) is 12.5. The third kappa shape index (κ3) is 3.67. The lowest BCUT2D eigenvalue weighted by Crippen LogP contribution is -2.23. The normalized spacial score (nSPS) is 12.6. The Morgan fingerprint density at radius 1 is 1.17 bits per heavy atom. The molecular weight excluding hydrogens is 224 g/mol. The molecule has 1 aromatic rings. The Balaban J connectivity index is 2.88. The summed E-state index contributed by atoms with van der Waals surface area (Å²) in [5.41, 5.74) is 3.47. The van der Waals surface area contributed by atoms with E-state index in [0.717, 1.165) is 30.4 Å². The Kier molecular flexibility index (Phi) is 5.54. The van der Waals surface area contributed by atoms with Crippen molar-refractivity contribution in [3.8, 4) is 0 Å². The van der Waals surface area contributed by atoms with Crippen LogP contribution >= 0.6 is 0 Å². The van der Waals surface area contributed by atoms with Gasteiger partial charge in [0.05, 0.1) is 0 Å². The van der Waals surface area contributed by atoms with E-state index in [0.29, 0.717) is 5.92 Å². The molecule has 1 N–H and O–H groups in total. The standard InChI is InChI=1S/C14H26N4/c1-7-8-15-9-10(2)13-11(3)16-14(18(5)6)17-12(13)4/h10,15H,7-9H2,1-6H3. The number of nitrogens with zero attached hydrogens (tertiary/aromatic N) is 3. The van der Waals surface area contributed by atoms with Gasteiger partial charge in [0, 0.05) is 32.0 Å². The molecule has 1 aromatic heterocycles. The fourth-order valence-electron chi connectivity index (χ4n) is 2.22. The number of nitrogens with one attached hydrogen (secondary N) is 1. The van der Waals surface area contributed by atoms with Gasteiger partial charge in [-0.15, -0.1) is 0 Å². The molecule has 18 heavy (non-hydrogen) atoms. The molecule has 1 heterocycles. The molecule has 0 aliphatic rings. The van der Waals surface area contributed by atoms with E-state index in [4.69, 9.17) is 0 Å². The second-order valence-electron chi connectivity index (χ2n) is 5.11. The molecule has 0 aliphatic heterocycles. The van der Waals surface area contributed by atoms with Gasteiger partial charge in [0.25, 0.3) is 0 Å². The zero-order valence-corrected chi connectivity index (χ0v) is 12.5. The van der Waals surface area contributed by atoms with Crippen molar-refractivity contribution >= 4 is 5.95 Å². The predicted octanol–water partition coefficient (Wildman–Crippen LogP) is 2.26. The van der Waals surface area contributed by atoms with Crippen LogP contribution in [0.4, 0.5) is 5.95 Å². The SMILES string of the molecule is CCCNCC(C)c1c(C)nc(N(C)C)nc1C. The van der Waals surface area contributed by atoms with Gasteiger partial charge in [-0.2, -0.15) is 0 Å². The highest BCUT2D eigenvalue weighted by Gasteiger charge is 2.15. The van der Waals surface area contributed by atoms with Gasteiger partial charge < -0.3 is 10.2 Å². The molecule has 4 heteroatoms. The van der Waals surface area contributed by atoms with Gasteiger partial charge in [-0.3, -0.25) is 0 Å². The van der Waals surface area contributed by atoms with Crippen LogP contribution < -0.4 is 10.2 Å². The second kappa shape index (κ2) is 6.69. The molecule has 0 fully saturated rings. The van der Waals surface area contributed by atoms with Gasteiger partial charge in [-0.1, -0.05) is 13.8 Å². The van der Waals surface area contributed by atoms with Crippen LogP contribution in [0.1, 0.15) is 43.1 Å². The molecule has 0 amide bonds. The number of hydrogen-bond donors (Lipinski definition) is 1. The van der Waals surface area contributed by atoms with Crippen LogP contribution in [0.5, 0.6) is 0 Å². The summed E-state index contributed by atoms with van der Waals surface area (Å²) in [5.74, 6) is 1.25. The first-order chi connectivity index (χ1) is 8.47. The minimum Gasteiger partial charge on any atom is -0.347 e. The molecule has 1 unspecified atom stereocenters. The van der Waals surface area contributed by atoms with E-state index in [2.05, 4.69) is 43.0 Å². The lowest BCUT2D eigenvalue weighted by Gasteiger charge is -2.19. The summed E-state index contributed by atoms with van der Waals surface area (Å²) in [6.45, 7) is 10.6. The van der Waals surface area contributed by atoms with Crippen LogP contribution in [0, 0.1) is 13.8 Å². The average molecular weight is 250 g/mol. The predicted molar refractivity (Wildman–Crippen MR) is 77.4 cm³/mol. The van der Waals surface area contributed by atoms with Crippen LogP contribution in [0.3, 0.4) is 0 Å². The smallest absolute Gasteiger partial charge is 0.225 e. The lowest BCUT2D eigenvalue weighted by atomic mass is 9.98. The fraction of sp³-hybridized carbons (Fsp3) is 0.714. The summed E-state index contributed by atoms with van der Waals surface area (Å²) in [7, 11) is 3.94. The maximum Gasteiger partial charge on any atom is 0.225 e. The van der Waals surface area contributed by atoms with E-state index in [1.807, 2.05) is 19.0 Å². The van der Waals surface area contributed by atoms with E-state index in [-0.39, 0.29) is 0 Å². The van der Waals surface area contributed by atoms with Gasteiger partial charge in [0.1, 0.15) is 0 Å². The molecule has 0 saturated heterocycles. The van der Waals surface area contributed by atoms with Crippen LogP contribution in [0.2, 0.25) is 0 Å². The summed E-state index contributed by atoms with van der Waals surface area (Å²) in [4.78, 5) is 11.1. The van der Waals surface area contributed by atoms with Gasteiger partial charge in [-0.05, 0) is 38.3 Å². The highest BCUT2D eigenvalue weighted by molar-refractivity contribution is 5.36. The van der Waals surface area contributed by atoms with Crippen molar-refractivity contribution in [2.24, 2.45) is 0 Å². The number of aryl methyl sites for hydroxylation is 2. The number of anilines is 1. The average Bonchev–Trinajstić information content (AvgIpc) is 2.28. The molecule has 0 aromatic carbocycles. The Labute approximate surface area is 111 Å². The first-order valence-corrected chi connectivity index (χ1v) is 6.70. The highest BCUT2D eigenvalue weighted by Crippen LogP contribution is 2.22. The minimum absolute atomic E-state index is 0.452. The summed E-state index contributed by atoms with van der Waals surface area (Å²) in [5, 5.41) is 3.46. The third-order valence-electron chi connectivity index (χ3n) is 3.09. The molecule has 0 radical (unpaired) electrons. The highest BCUT2D eigenvalue weighted by atomic mass is 15.2. The molecule has 1 atom stereocenters. The first kappa shape index (κ1) is 14.9. The molecular formula is C14H26N4. The van der Waals surface area contributed by atoms with Crippen LogP contribution in [-0.2, 0) is 0 Å². The Bertz CT molecular complexity index is 364. The van der Waals surface area contributed by atoms with Crippen molar-refractivity contribution in [2.75, 3.05) is 32.1 Å². The van der Waals surface area contributed by atoms with Crippen LogP contribution in [0.15, 0.2) is 0 Å². The van der Waals surface area contributed by atoms with Gasteiger partial charge in [0.15, 0.2) is 0 Å². The van der Waals surface area contributed by atoms with Crippen LogP contribution in [0.25, 0.3) is 0 Å². The maximum atomic E-state index is 4.57. The lowest BCUT2D eigenvalue weighted by molar-refractivity contribution is 0.601.